The molecule has 3 rings (SSSR count). The molecular weight excluding hydrogens is 394 g/mol. The van der Waals surface area contributed by atoms with E-state index in [0.29, 0.717) is 31.0 Å². The topological polar surface area (TPSA) is 67.9 Å². The Morgan fingerprint density at radius 1 is 1.13 bits per heavy atom. The monoisotopic (exact) mass is 418 g/mol. The van der Waals surface area contributed by atoms with Gasteiger partial charge >= 0.3 is 0 Å². The van der Waals surface area contributed by atoms with Crippen LogP contribution in [0.3, 0.4) is 0 Å². The average Bonchev–Trinajstić information content (AvgIpc) is 3.11. The highest BCUT2D eigenvalue weighted by molar-refractivity contribution is 5.89. The average molecular weight is 418 g/mol. The zero-order chi connectivity index (χ0) is 21.7. The van der Waals surface area contributed by atoms with Crippen molar-refractivity contribution >= 4 is 11.8 Å². The van der Waals surface area contributed by atoms with Crippen molar-refractivity contribution in [1.29, 1.82) is 0 Å². The molecule has 0 aromatic heterocycles. The maximum atomic E-state index is 13.7. The number of carbonyl (C=O) groups excluding carboxylic acids is 2. The summed E-state index contributed by atoms with van der Waals surface area (Å²) in [5.41, 5.74) is 1.18. The van der Waals surface area contributed by atoms with Gasteiger partial charge in [-0.25, -0.2) is 8.78 Å². The minimum Gasteiger partial charge on any atom is -0.493 e. The molecule has 1 fully saturated rings. The molecule has 1 N–H and O–H groups in total. The van der Waals surface area contributed by atoms with Crippen molar-refractivity contribution < 1.29 is 27.8 Å². The molecule has 0 spiro atoms. The number of halogens is 2. The van der Waals surface area contributed by atoms with Crippen LogP contribution in [0.4, 0.5) is 8.78 Å². The van der Waals surface area contributed by atoms with Crippen LogP contribution in [0.1, 0.15) is 17.5 Å². The standard InChI is InChI=1S/C22H24F2N2O4/c1-29-19-6-3-14(9-20(19)30-2)7-8-26-13-16(10-21(26)27)22(28)25-12-15-4-5-17(23)11-18(15)24/h3-6,9,11,16H,7-8,10,12-13H2,1-2H3,(H,25,28)/t16-/m0/s1. The first kappa shape index (κ1) is 21.5. The van der Waals surface area contributed by atoms with E-state index in [1.165, 1.54) is 6.07 Å². The van der Waals surface area contributed by atoms with Crippen LogP contribution in [0.15, 0.2) is 36.4 Å². The summed E-state index contributed by atoms with van der Waals surface area (Å²) in [7, 11) is 3.13. The minimum atomic E-state index is -0.714. The first-order valence-electron chi connectivity index (χ1n) is 9.61. The molecule has 1 saturated heterocycles. The van der Waals surface area contributed by atoms with E-state index >= 15 is 0 Å². The molecule has 6 nitrogen and oxygen atoms in total. The molecule has 0 bridgehead atoms. The second-order valence-electron chi connectivity index (χ2n) is 7.13. The summed E-state index contributed by atoms with van der Waals surface area (Å²) in [6.07, 6.45) is 0.727. The molecule has 30 heavy (non-hydrogen) atoms. The molecule has 2 aromatic carbocycles. The van der Waals surface area contributed by atoms with Gasteiger partial charge in [-0.05, 0) is 30.2 Å². The lowest BCUT2D eigenvalue weighted by Crippen LogP contribution is -2.33. The lowest BCUT2D eigenvalue weighted by atomic mass is 10.1. The van der Waals surface area contributed by atoms with Gasteiger partial charge in [0.05, 0.1) is 20.1 Å². The van der Waals surface area contributed by atoms with Crippen molar-refractivity contribution in [3.8, 4) is 11.5 Å². The molecular formula is C22H24F2N2O4. The summed E-state index contributed by atoms with van der Waals surface area (Å²) >= 11 is 0. The molecule has 0 saturated carbocycles. The maximum Gasteiger partial charge on any atom is 0.225 e. The summed E-state index contributed by atoms with van der Waals surface area (Å²) < 4.78 is 37.2. The molecule has 8 heteroatoms. The van der Waals surface area contributed by atoms with E-state index in [0.717, 1.165) is 17.7 Å². The number of nitrogens with zero attached hydrogens (tertiary/aromatic N) is 1. The zero-order valence-electron chi connectivity index (χ0n) is 16.9. The van der Waals surface area contributed by atoms with Gasteiger partial charge in [-0.15, -0.1) is 0 Å². The SMILES string of the molecule is COc1ccc(CCN2C[C@@H](C(=O)NCc3ccc(F)cc3F)CC2=O)cc1OC. The van der Waals surface area contributed by atoms with Crippen LogP contribution in [0.5, 0.6) is 11.5 Å². The van der Waals surface area contributed by atoms with Crippen LogP contribution < -0.4 is 14.8 Å². The second kappa shape index (κ2) is 9.56. The number of rotatable bonds is 8. The largest absolute Gasteiger partial charge is 0.493 e. The van der Waals surface area contributed by atoms with Crippen molar-refractivity contribution in [2.45, 2.75) is 19.4 Å². The van der Waals surface area contributed by atoms with Crippen LogP contribution in [0, 0.1) is 17.6 Å². The smallest absolute Gasteiger partial charge is 0.225 e. The van der Waals surface area contributed by atoms with Crippen LogP contribution in [-0.2, 0) is 22.6 Å². The zero-order valence-corrected chi connectivity index (χ0v) is 16.9. The Hall–Kier alpha value is -3.16. The lowest BCUT2D eigenvalue weighted by molar-refractivity contribution is -0.129. The number of methoxy groups -OCH3 is 2. The molecule has 0 aliphatic carbocycles. The van der Waals surface area contributed by atoms with Crippen LogP contribution in [0.2, 0.25) is 0 Å². The fourth-order valence-corrected chi connectivity index (χ4v) is 3.46. The summed E-state index contributed by atoms with van der Waals surface area (Å²) in [6, 6.07) is 8.78. The van der Waals surface area contributed by atoms with E-state index in [4.69, 9.17) is 9.47 Å². The molecule has 1 atom stereocenters. The van der Waals surface area contributed by atoms with E-state index in [2.05, 4.69) is 5.32 Å². The van der Waals surface area contributed by atoms with Gasteiger partial charge in [0.15, 0.2) is 11.5 Å². The van der Waals surface area contributed by atoms with Crippen LogP contribution in [-0.4, -0.2) is 44.0 Å². The Balaban J connectivity index is 1.52. The molecule has 160 valence electrons. The fraction of sp³-hybridized carbons (Fsp3) is 0.364. The highest BCUT2D eigenvalue weighted by Gasteiger charge is 2.33. The first-order chi connectivity index (χ1) is 14.4. The van der Waals surface area contributed by atoms with Crippen molar-refractivity contribution in [1.82, 2.24) is 10.2 Å². The Kier molecular flexibility index (Phi) is 6.87. The van der Waals surface area contributed by atoms with Gasteiger partial charge in [0.2, 0.25) is 11.8 Å². The Morgan fingerprint density at radius 3 is 2.60 bits per heavy atom. The highest BCUT2D eigenvalue weighted by Crippen LogP contribution is 2.28. The van der Waals surface area contributed by atoms with Gasteiger partial charge in [-0.2, -0.15) is 0 Å². The molecule has 2 amide bonds. The third-order valence-corrected chi connectivity index (χ3v) is 5.17. The Bertz CT molecular complexity index is 935. The van der Waals surface area contributed by atoms with E-state index < -0.39 is 17.6 Å². The minimum absolute atomic E-state index is 0.0543. The van der Waals surface area contributed by atoms with Crippen molar-refractivity contribution in [3.05, 3.63) is 59.2 Å². The second-order valence-corrected chi connectivity index (χ2v) is 7.13. The number of amides is 2. The van der Waals surface area contributed by atoms with Crippen LogP contribution >= 0.6 is 0 Å². The Morgan fingerprint density at radius 2 is 1.90 bits per heavy atom. The predicted octanol–water partition coefficient (Wildman–Crippen LogP) is 2.69. The summed E-state index contributed by atoms with van der Waals surface area (Å²) in [5.74, 6) is -1.04. The molecule has 1 aliphatic heterocycles. The number of carbonyl (C=O) groups is 2. The van der Waals surface area contributed by atoms with Gasteiger partial charge in [0.1, 0.15) is 11.6 Å². The predicted molar refractivity (Wildman–Crippen MR) is 106 cm³/mol. The molecule has 0 unspecified atom stereocenters. The summed E-state index contributed by atoms with van der Waals surface area (Å²) in [4.78, 5) is 26.4. The third-order valence-electron chi connectivity index (χ3n) is 5.17. The number of nitrogens with one attached hydrogen (secondary N) is 1. The molecule has 0 radical (unpaired) electrons. The number of hydrogen-bond donors (Lipinski definition) is 1. The van der Waals surface area contributed by atoms with Gasteiger partial charge in [0.25, 0.3) is 0 Å². The third kappa shape index (κ3) is 5.06. The van der Waals surface area contributed by atoms with Crippen molar-refractivity contribution in [3.63, 3.8) is 0 Å². The van der Waals surface area contributed by atoms with Gasteiger partial charge in [0, 0.05) is 37.7 Å². The Labute approximate surface area is 173 Å². The number of benzene rings is 2. The summed E-state index contributed by atoms with van der Waals surface area (Å²) in [6.45, 7) is 0.732. The normalized spacial score (nSPS) is 15.9. The van der Waals surface area contributed by atoms with E-state index in [9.17, 15) is 18.4 Å². The van der Waals surface area contributed by atoms with Crippen molar-refractivity contribution in [2.75, 3.05) is 27.3 Å². The fourth-order valence-electron chi connectivity index (χ4n) is 3.46. The number of ether oxygens (including phenoxy) is 2. The highest BCUT2D eigenvalue weighted by atomic mass is 19.1. The van der Waals surface area contributed by atoms with Gasteiger partial charge in [-0.1, -0.05) is 12.1 Å². The molecule has 2 aromatic rings. The molecule has 1 aliphatic rings. The van der Waals surface area contributed by atoms with Crippen molar-refractivity contribution in [2.24, 2.45) is 5.92 Å². The van der Waals surface area contributed by atoms with Crippen LogP contribution in [0.25, 0.3) is 0 Å². The quantitative estimate of drug-likeness (QED) is 0.716. The molecule has 1 heterocycles. The van der Waals surface area contributed by atoms with Gasteiger partial charge in [-0.3, -0.25) is 9.59 Å². The first-order valence-corrected chi connectivity index (χ1v) is 9.61. The maximum absolute atomic E-state index is 13.7. The van der Waals surface area contributed by atoms with Gasteiger partial charge < -0.3 is 19.7 Å². The number of hydrogen-bond acceptors (Lipinski definition) is 4. The number of likely N-dealkylation sites (tertiary alicyclic amines) is 1. The van der Waals surface area contributed by atoms with E-state index in [1.54, 1.807) is 19.1 Å². The van der Waals surface area contributed by atoms with E-state index in [-0.39, 0.29) is 30.3 Å². The lowest BCUT2D eigenvalue weighted by Gasteiger charge is -2.17. The van der Waals surface area contributed by atoms with E-state index in [1.807, 2.05) is 18.2 Å². The summed E-state index contributed by atoms with van der Waals surface area (Å²) in [5, 5.41) is 2.63.